The van der Waals surface area contributed by atoms with Crippen LogP contribution in [0.1, 0.15) is 0 Å². The minimum absolute atomic E-state index is 0.377. The molecule has 0 aliphatic rings. The van der Waals surface area contributed by atoms with Crippen molar-refractivity contribution in [3.63, 3.8) is 0 Å². The summed E-state index contributed by atoms with van der Waals surface area (Å²) in [6, 6.07) is 4.83. The molecular weight excluding hydrogens is 370 g/mol. The topological polar surface area (TPSA) is 79.8 Å². The van der Waals surface area contributed by atoms with Crippen molar-refractivity contribution in [2.75, 3.05) is 17.7 Å². The molecule has 2 rings (SSSR count). The average Bonchev–Trinajstić information content (AvgIpc) is 2.60. The van der Waals surface area contributed by atoms with E-state index in [1.54, 1.807) is 0 Å². The first kappa shape index (κ1) is 19.9. The summed E-state index contributed by atoms with van der Waals surface area (Å²) in [4.78, 5) is 29.0. The number of carbonyl (C=O) groups excluding carboxylic acids is 2. The summed E-state index contributed by atoms with van der Waals surface area (Å²) in [7, 11) is 1.16. The van der Waals surface area contributed by atoms with Crippen LogP contribution in [0.2, 0.25) is 0 Å². The van der Waals surface area contributed by atoms with Gasteiger partial charge < -0.3 is 15.5 Å². The van der Waals surface area contributed by atoms with E-state index in [1.165, 1.54) is 0 Å². The number of carbonyl (C=O) groups is 2. The SMILES string of the molecule is CON=CC(C(=O)Nc1ccc(F)cc1F)C(=O)Nc1ccc(F)cc1F. The first-order valence-electron chi connectivity index (χ1n) is 7.40. The fraction of sp³-hybridized carbons (Fsp3) is 0.118. The van der Waals surface area contributed by atoms with E-state index in [1.807, 2.05) is 0 Å². The van der Waals surface area contributed by atoms with Gasteiger partial charge in [0.1, 0.15) is 30.4 Å². The monoisotopic (exact) mass is 383 g/mol. The van der Waals surface area contributed by atoms with E-state index in [9.17, 15) is 27.2 Å². The number of nitrogens with one attached hydrogen (secondary N) is 2. The molecule has 0 saturated carbocycles. The molecule has 0 aromatic heterocycles. The lowest BCUT2D eigenvalue weighted by Crippen LogP contribution is -2.35. The molecule has 2 aromatic carbocycles. The van der Waals surface area contributed by atoms with Gasteiger partial charge in [-0.25, -0.2) is 17.6 Å². The molecule has 2 N–H and O–H groups in total. The molecule has 0 saturated heterocycles. The lowest BCUT2D eigenvalue weighted by molar-refractivity contribution is -0.126. The smallest absolute Gasteiger partial charge is 0.242 e. The Morgan fingerprint density at radius 3 is 1.74 bits per heavy atom. The zero-order chi connectivity index (χ0) is 20.0. The third kappa shape index (κ3) is 5.27. The Labute approximate surface area is 150 Å². The predicted molar refractivity (Wildman–Crippen MR) is 89.0 cm³/mol. The quantitative estimate of drug-likeness (QED) is 0.348. The molecule has 10 heteroatoms. The summed E-state index contributed by atoms with van der Waals surface area (Å²) < 4.78 is 53.2. The van der Waals surface area contributed by atoms with E-state index in [4.69, 9.17) is 0 Å². The summed E-state index contributed by atoms with van der Waals surface area (Å²) in [5, 5.41) is 7.51. The molecule has 27 heavy (non-hydrogen) atoms. The molecule has 0 unspecified atom stereocenters. The van der Waals surface area contributed by atoms with Crippen LogP contribution in [0.5, 0.6) is 0 Å². The summed E-state index contributed by atoms with van der Waals surface area (Å²) >= 11 is 0. The van der Waals surface area contributed by atoms with Crippen LogP contribution in [0.4, 0.5) is 28.9 Å². The predicted octanol–water partition coefficient (Wildman–Crippen LogP) is 3.07. The van der Waals surface area contributed by atoms with Crippen LogP contribution in [0, 0.1) is 29.2 Å². The molecular formula is C17H13F4N3O3. The van der Waals surface area contributed by atoms with Gasteiger partial charge in [-0.1, -0.05) is 5.16 Å². The molecule has 0 fully saturated rings. The van der Waals surface area contributed by atoms with Gasteiger partial charge in [-0.15, -0.1) is 0 Å². The summed E-state index contributed by atoms with van der Waals surface area (Å²) in [5.74, 6) is -7.56. The third-order valence-electron chi connectivity index (χ3n) is 3.26. The zero-order valence-electron chi connectivity index (χ0n) is 13.8. The summed E-state index contributed by atoms with van der Waals surface area (Å²) in [5.41, 5.74) is -0.754. The Kier molecular flexibility index (Phi) is 6.47. The van der Waals surface area contributed by atoms with E-state index in [-0.39, 0.29) is 11.4 Å². The maximum atomic E-state index is 13.7. The van der Waals surface area contributed by atoms with Crippen LogP contribution in [0.25, 0.3) is 0 Å². The lowest BCUT2D eigenvalue weighted by atomic mass is 10.1. The highest BCUT2D eigenvalue weighted by molar-refractivity contribution is 6.20. The van der Waals surface area contributed by atoms with Gasteiger partial charge in [-0.05, 0) is 24.3 Å². The second-order valence-electron chi connectivity index (χ2n) is 5.14. The highest BCUT2D eigenvalue weighted by Crippen LogP contribution is 2.18. The highest BCUT2D eigenvalue weighted by atomic mass is 19.1. The molecule has 0 heterocycles. The molecule has 0 radical (unpaired) electrons. The van der Waals surface area contributed by atoms with E-state index >= 15 is 0 Å². The fourth-order valence-electron chi connectivity index (χ4n) is 1.98. The second kappa shape index (κ2) is 8.79. The molecule has 2 amide bonds. The van der Waals surface area contributed by atoms with Crippen molar-refractivity contribution in [2.24, 2.45) is 11.1 Å². The Hall–Kier alpha value is -3.43. The van der Waals surface area contributed by atoms with Crippen molar-refractivity contribution in [3.8, 4) is 0 Å². The lowest BCUT2D eigenvalue weighted by Gasteiger charge is -2.14. The zero-order valence-corrected chi connectivity index (χ0v) is 13.8. The van der Waals surface area contributed by atoms with Gasteiger partial charge in [-0.2, -0.15) is 0 Å². The van der Waals surface area contributed by atoms with Gasteiger partial charge >= 0.3 is 0 Å². The molecule has 6 nitrogen and oxygen atoms in total. The first-order valence-corrected chi connectivity index (χ1v) is 7.40. The molecule has 0 bridgehead atoms. The minimum Gasteiger partial charge on any atom is -0.399 e. The van der Waals surface area contributed by atoms with Gasteiger partial charge in [0, 0.05) is 12.1 Å². The molecule has 0 aliphatic carbocycles. The molecule has 0 aliphatic heterocycles. The summed E-state index contributed by atoms with van der Waals surface area (Å²) in [6.45, 7) is 0. The van der Waals surface area contributed by atoms with Crippen molar-refractivity contribution < 1.29 is 32.0 Å². The average molecular weight is 383 g/mol. The number of hydrogen-bond donors (Lipinski definition) is 2. The Bertz CT molecular complexity index is 824. The largest absolute Gasteiger partial charge is 0.399 e. The van der Waals surface area contributed by atoms with E-state index < -0.39 is 41.0 Å². The maximum Gasteiger partial charge on any atom is 0.242 e. The van der Waals surface area contributed by atoms with Gasteiger partial charge in [0.25, 0.3) is 0 Å². The molecule has 2 aromatic rings. The van der Waals surface area contributed by atoms with Crippen LogP contribution in [-0.4, -0.2) is 25.1 Å². The van der Waals surface area contributed by atoms with Crippen LogP contribution < -0.4 is 10.6 Å². The van der Waals surface area contributed by atoms with Gasteiger partial charge in [-0.3, -0.25) is 9.59 Å². The normalized spacial score (nSPS) is 10.9. The maximum absolute atomic E-state index is 13.7. The Morgan fingerprint density at radius 2 is 1.37 bits per heavy atom. The number of nitrogens with zero attached hydrogens (tertiary/aromatic N) is 1. The van der Waals surface area contributed by atoms with Crippen LogP contribution in [0.15, 0.2) is 41.6 Å². The number of hydrogen-bond acceptors (Lipinski definition) is 4. The first-order chi connectivity index (χ1) is 12.8. The number of halogens is 4. The molecule has 0 spiro atoms. The van der Waals surface area contributed by atoms with E-state index in [0.29, 0.717) is 12.1 Å². The number of rotatable bonds is 6. The molecule has 142 valence electrons. The van der Waals surface area contributed by atoms with Crippen molar-refractivity contribution >= 4 is 29.4 Å². The van der Waals surface area contributed by atoms with E-state index in [2.05, 4.69) is 20.6 Å². The minimum atomic E-state index is -1.65. The van der Waals surface area contributed by atoms with Crippen LogP contribution >= 0.6 is 0 Å². The summed E-state index contributed by atoms with van der Waals surface area (Å²) in [6.07, 6.45) is 0.799. The van der Waals surface area contributed by atoms with Crippen molar-refractivity contribution in [3.05, 3.63) is 59.7 Å². The van der Waals surface area contributed by atoms with Crippen LogP contribution in [0.3, 0.4) is 0 Å². The number of anilines is 2. The molecule has 0 atom stereocenters. The van der Waals surface area contributed by atoms with Gasteiger partial charge in [0.2, 0.25) is 11.8 Å². The third-order valence-corrected chi connectivity index (χ3v) is 3.26. The van der Waals surface area contributed by atoms with Crippen LogP contribution in [-0.2, 0) is 14.4 Å². The Balaban J connectivity index is 2.21. The standard InChI is InChI=1S/C17H13F4N3O3/c1-27-22-8-11(16(25)23-14-4-2-9(18)6-12(14)20)17(26)24-15-5-3-10(19)7-13(15)21/h2-8,11H,1H3,(H,23,25)(H,24,26). The number of benzene rings is 2. The Morgan fingerprint density at radius 1 is 0.926 bits per heavy atom. The highest BCUT2D eigenvalue weighted by Gasteiger charge is 2.27. The van der Waals surface area contributed by atoms with Crippen molar-refractivity contribution in [1.82, 2.24) is 0 Å². The second-order valence-corrected chi connectivity index (χ2v) is 5.14. The van der Waals surface area contributed by atoms with Crippen molar-refractivity contribution in [1.29, 1.82) is 0 Å². The van der Waals surface area contributed by atoms with E-state index in [0.717, 1.165) is 37.6 Å². The number of oxime groups is 1. The fourth-order valence-corrected chi connectivity index (χ4v) is 1.98. The van der Waals surface area contributed by atoms with Gasteiger partial charge in [0.15, 0.2) is 5.92 Å². The number of amides is 2. The van der Waals surface area contributed by atoms with Crippen molar-refractivity contribution in [2.45, 2.75) is 0 Å². The van der Waals surface area contributed by atoms with Gasteiger partial charge in [0.05, 0.1) is 17.6 Å².